The first kappa shape index (κ1) is 10.3. The van der Waals surface area contributed by atoms with Crippen LogP contribution in [0.25, 0.3) is 5.57 Å². The molecule has 1 aromatic heterocycles. The summed E-state index contributed by atoms with van der Waals surface area (Å²) in [4.78, 5) is 0. The largest absolute Gasteiger partial charge is 0.313 e. The van der Waals surface area contributed by atoms with E-state index in [9.17, 15) is 8.78 Å². The van der Waals surface area contributed by atoms with Crippen molar-refractivity contribution in [2.24, 2.45) is 7.05 Å². The van der Waals surface area contributed by atoms with Crippen molar-refractivity contribution < 1.29 is 8.78 Å². The minimum absolute atomic E-state index is 0.0330. The van der Waals surface area contributed by atoms with Crippen molar-refractivity contribution >= 4 is 5.57 Å². The van der Waals surface area contributed by atoms with Gasteiger partial charge in [0.05, 0.1) is 11.3 Å². The fraction of sp³-hybridized carbons (Fsp3) is 0.500. The van der Waals surface area contributed by atoms with Crippen molar-refractivity contribution in [2.45, 2.75) is 12.8 Å². The lowest BCUT2D eigenvalue weighted by atomic mass is 10.0. The van der Waals surface area contributed by atoms with Gasteiger partial charge in [-0.3, -0.25) is 4.68 Å². The first-order chi connectivity index (χ1) is 7.18. The van der Waals surface area contributed by atoms with Gasteiger partial charge < -0.3 is 5.32 Å². The van der Waals surface area contributed by atoms with E-state index in [1.165, 1.54) is 10.9 Å². The number of nitrogens with zero attached hydrogens (tertiary/aromatic N) is 2. The summed E-state index contributed by atoms with van der Waals surface area (Å²) in [6.07, 6.45) is 1.63. The molecule has 0 spiro atoms. The number of hydrogen-bond acceptors (Lipinski definition) is 2. The molecule has 0 atom stereocenters. The van der Waals surface area contributed by atoms with E-state index >= 15 is 0 Å². The first-order valence-corrected chi connectivity index (χ1v) is 4.90. The molecule has 0 amide bonds. The highest BCUT2D eigenvalue weighted by molar-refractivity contribution is 5.66. The van der Waals surface area contributed by atoms with E-state index in [0.29, 0.717) is 5.69 Å². The van der Waals surface area contributed by atoms with Crippen LogP contribution in [0.15, 0.2) is 12.3 Å². The average molecular weight is 213 g/mol. The second-order valence-corrected chi connectivity index (χ2v) is 3.59. The number of aryl methyl sites for hydroxylation is 1. The van der Waals surface area contributed by atoms with Gasteiger partial charge in [0.1, 0.15) is 0 Å². The Balaban J connectivity index is 2.37. The van der Waals surface area contributed by atoms with Gasteiger partial charge in [0.25, 0.3) is 6.43 Å². The van der Waals surface area contributed by atoms with E-state index in [2.05, 4.69) is 10.4 Å². The summed E-state index contributed by atoms with van der Waals surface area (Å²) in [7, 11) is 1.66. The SMILES string of the molecule is Cn1cc(C(F)F)c(C2=CCNCC2)n1. The Labute approximate surface area is 86.8 Å². The molecule has 5 heteroatoms. The van der Waals surface area contributed by atoms with Crippen molar-refractivity contribution in [1.29, 1.82) is 0 Å². The molecule has 0 unspecified atom stereocenters. The molecule has 1 aliphatic rings. The molecule has 0 radical (unpaired) electrons. The van der Waals surface area contributed by atoms with Crippen LogP contribution in [0, 0.1) is 0 Å². The van der Waals surface area contributed by atoms with Gasteiger partial charge in [-0.25, -0.2) is 8.78 Å². The van der Waals surface area contributed by atoms with Gasteiger partial charge in [-0.2, -0.15) is 5.10 Å². The smallest absolute Gasteiger partial charge is 0.267 e. The van der Waals surface area contributed by atoms with Crippen molar-refractivity contribution in [3.8, 4) is 0 Å². The molecule has 3 nitrogen and oxygen atoms in total. The van der Waals surface area contributed by atoms with Crippen LogP contribution in [-0.4, -0.2) is 22.9 Å². The quantitative estimate of drug-likeness (QED) is 0.810. The lowest BCUT2D eigenvalue weighted by Crippen LogP contribution is -2.20. The molecule has 1 aromatic rings. The van der Waals surface area contributed by atoms with Gasteiger partial charge in [-0.15, -0.1) is 0 Å². The van der Waals surface area contributed by atoms with E-state index in [0.717, 1.165) is 25.1 Å². The second kappa shape index (κ2) is 4.10. The van der Waals surface area contributed by atoms with E-state index in [1.807, 2.05) is 6.08 Å². The lowest BCUT2D eigenvalue weighted by molar-refractivity contribution is 0.151. The average Bonchev–Trinajstić information content (AvgIpc) is 2.62. The lowest BCUT2D eigenvalue weighted by Gasteiger charge is -2.13. The standard InChI is InChI=1S/C10H13F2N3/c1-15-6-8(10(11)12)9(14-15)7-2-4-13-5-3-7/h2,6,10,13H,3-5H2,1H3. The van der Waals surface area contributed by atoms with Gasteiger partial charge in [0, 0.05) is 19.8 Å². The summed E-state index contributed by atoms with van der Waals surface area (Å²) >= 11 is 0. The van der Waals surface area contributed by atoms with Crippen LogP contribution in [0.5, 0.6) is 0 Å². The van der Waals surface area contributed by atoms with Gasteiger partial charge in [0.15, 0.2) is 0 Å². The molecule has 0 fully saturated rings. The number of rotatable bonds is 2. The highest BCUT2D eigenvalue weighted by Gasteiger charge is 2.20. The van der Waals surface area contributed by atoms with E-state index in [1.54, 1.807) is 7.05 Å². The van der Waals surface area contributed by atoms with Crippen LogP contribution >= 0.6 is 0 Å². The zero-order valence-corrected chi connectivity index (χ0v) is 8.50. The molecule has 82 valence electrons. The van der Waals surface area contributed by atoms with E-state index < -0.39 is 6.43 Å². The summed E-state index contributed by atoms with van der Waals surface area (Å²) in [5.74, 6) is 0. The predicted octanol–water partition coefficient (Wildman–Crippen LogP) is 1.73. The second-order valence-electron chi connectivity index (χ2n) is 3.59. The maximum absolute atomic E-state index is 12.7. The molecule has 2 heterocycles. The number of aromatic nitrogens is 2. The molecule has 1 N–H and O–H groups in total. The Morgan fingerprint density at radius 2 is 2.33 bits per heavy atom. The monoisotopic (exact) mass is 213 g/mol. The minimum Gasteiger partial charge on any atom is -0.313 e. The third-order valence-corrected chi connectivity index (χ3v) is 2.46. The zero-order chi connectivity index (χ0) is 10.8. The van der Waals surface area contributed by atoms with Crippen molar-refractivity contribution in [3.05, 3.63) is 23.5 Å². The third-order valence-electron chi connectivity index (χ3n) is 2.46. The Morgan fingerprint density at radius 3 is 2.93 bits per heavy atom. The highest BCUT2D eigenvalue weighted by Crippen LogP contribution is 2.28. The van der Waals surface area contributed by atoms with E-state index in [4.69, 9.17) is 0 Å². The van der Waals surface area contributed by atoms with Crippen molar-refractivity contribution in [1.82, 2.24) is 15.1 Å². The van der Waals surface area contributed by atoms with Crippen LogP contribution < -0.4 is 5.32 Å². The molecular formula is C10H13F2N3. The van der Waals surface area contributed by atoms with E-state index in [-0.39, 0.29) is 5.56 Å². The van der Waals surface area contributed by atoms with Crippen LogP contribution in [0.1, 0.15) is 24.1 Å². The fourth-order valence-electron chi connectivity index (χ4n) is 1.75. The molecule has 1 aliphatic heterocycles. The number of halogens is 2. The molecule has 0 aromatic carbocycles. The first-order valence-electron chi connectivity index (χ1n) is 4.90. The zero-order valence-electron chi connectivity index (χ0n) is 8.50. The van der Waals surface area contributed by atoms with Crippen LogP contribution in [0.3, 0.4) is 0 Å². The Kier molecular flexibility index (Phi) is 2.81. The third kappa shape index (κ3) is 2.07. The molecule has 0 bridgehead atoms. The molecule has 2 rings (SSSR count). The minimum atomic E-state index is -2.45. The summed E-state index contributed by atoms with van der Waals surface area (Å²) < 4.78 is 26.8. The number of hydrogen-bond donors (Lipinski definition) is 1. The summed E-state index contributed by atoms with van der Waals surface area (Å²) in [6.45, 7) is 1.56. The maximum atomic E-state index is 12.7. The molecule has 0 aliphatic carbocycles. The maximum Gasteiger partial charge on any atom is 0.267 e. The fourth-order valence-corrected chi connectivity index (χ4v) is 1.75. The molecule has 15 heavy (non-hydrogen) atoms. The van der Waals surface area contributed by atoms with Gasteiger partial charge in [-0.05, 0) is 18.5 Å². The van der Waals surface area contributed by atoms with Gasteiger partial charge in [0.2, 0.25) is 0 Å². The summed E-state index contributed by atoms with van der Waals surface area (Å²) in [5.41, 5.74) is 1.41. The van der Waals surface area contributed by atoms with Crippen LogP contribution in [0.4, 0.5) is 8.78 Å². The molecule has 0 saturated carbocycles. The van der Waals surface area contributed by atoms with Gasteiger partial charge >= 0.3 is 0 Å². The normalized spacial score (nSPS) is 16.9. The topological polar surface area (TPSA) is 29.9 Å². The Morgan fingerprint density at radius 1 is 1.53 bits per heavy atom. The van der Waals surface area contributed by atoms with Crippen LogP contribution in [0.2, 0.25) is 0 Å². The van der Waals surface area contributed by atoms with Crippen molar-refractivity contribution in [2.75, 3.05) is 13.1 Å². The summed E-state index contributed by atoms with van der Waals surface area (Å²) in [6, 6.07) is 0. The summed E-state index contributed by atoms with van der Waals surface area (Å²) in [5, 5.41) is 7.24. The number of alkyl halides is 2. The van der Waals surface area contributed by atoms with Gasteiger partial charge in [-0.1, -0.05) is 6.08 Å². The van der Waals surface area contributed by atoms with Crippen molar-refractivity contribution in [3.63, 3.8) is 0 Å². The van der Waals surface area contributed by atoms with Crippen LogP contribution in [-0.2, 0) is 7.05 Å². The molecular weight excluding hydrogens is 200 g/mol. The predicted molar refractivity (Wildman–Crippen MR) is 53.6 cm³/mol. The Bertz CT molecular complexity index is 382. The molecule has 0 saturated heterocycles. The highest BCUT2D eigenvalue weighted by atomic mass is 19.3. The number of nitrogens with one attached hydrogen (secondary N) is 1. The Hall–Kier alpha value is -1.23.